The summed E-state index contributed by atoms with van der Waals surface area (Å²) in [7, 11) is 0. The number of nitrogens with one attached hydrogen (secondary N) is 1. The third-order valence-electron chi connectivity index (χ3n) is 6.15. The third-order valence-corrected chi connectivity index (χ3v) is 6.65. The lowest BCUT2D eigenvalue weighted by Gasteiger charge is -2.50. The summed E-state index contributed by atoms with van der Waals surface area (Å²) in [5.41, 5.74) is 3.34. The molecule has 154 valence electrons. The Morgan fingerprint density at radius 3 is 2.68 bits per heavy atom. The van der Waals surface area contributed by atoms with E-state index < -0.39 is 5.72 Å². The third kappa shape index (κ3) is 3.54. The summed E-state index contributed by atoms with van der Waals surface area (Å²) in [6.07, 6.45) is 1.80. The second-order valence-corrected chi connectivity index (χ2v) is 9.03. The number of ether oxygens (including phenoxy) is 1. The molecule has 1 amide bonds. The van der Waals surface area contributed by atoms with Crippen LogP contribution in [0.2, 0.25) is 0 Å². The number of hydrogen-bond donors (Lipinski definition) is 1. The Labute approximate surface area is 191 Å². The first kappa shape index (κ1) is 19.9. The molecule has 3 aromatic carbocycles. The van der Waals surface area contributed by atoms with E-state index in [2.05, 4.69) is 51.3 Å². The van der Waals surface area contributed by atoms with E-state index in [4.69, 9.17) is 4.74 Å². The second kappa shape index (κ2) is 7.90. The van der Waals surface area contributed by atoms with E-state index in [9.17, 15) is 4.79 Å². The van der Waals surface area contributed by atoms with Crippen LogP contribution in [0.1, 0.15) is 41.5 Å². The minimum absolute atomic E-state index is 0.00990. The number of amides is 1. The van der Waals surface area contributed by atoms with Crippen molar-refractivity contribution < 1.29 is 9.53 Å². The van der Waals surface area contributed by atoms with Crippen molar-refractivity contribution in [1.29, 1.82) is 0 Å². The topological polar surface area (TPSA) is 38.3 Å². The summed E-state index contributed by atoms with van der Waals surface area (Å²) in [6.45, 7) is 1.55. The van der Waals surface area contributed by atoms with Gasteiger partial charge in [0.15, 0.2) is 0 Å². The molecule has 0 fully saturated rings. The van der Waals surface area contributed by atoms with Crippen LogP contribution in [0, 0.1) is 17.8 Å². The first-order valence-corrected chi connectivity index (χ1v) is 11.3. The largest absolute Gasteiger partial charge is 0.463 e. The summed E-state index contributed by atoms with van der Waals surface area (Å²) in [4.78, 5) is 12.4. The molecule has 3 nitrogen and oxygen atoms in total. The summed E-state index contributed by atoms with van der Waals surface area (Å²) < 4.78 is 7.67. The summed E-state index contributed by atoms with van der Waals surface area (Å²) in [5.74, 6) is 7.47. The molecule has 31 heavy (non-hydrogen) atoms. The van der Waals surface area contributed by atoms with Gasteiger partial charge in [0, 0.05) is 34.0 Å². The van der Waals surface area contributed by atoms with Gasteiger partial charge in [-0.15, -0.1) is 0 Å². The van der Waals surface area contributed by atoms with Crippen molar-refractivity contribution in [2.75, 3.05) is 0 Å². The molecule has 1 aliphatic heterocycles. The number of carbonyl (C=O) groups is 1. The predicted octanol–water partition coefficient (Wildman–Crippen LogP) is 5.53. The predicted molar refractivity (Wildman–Crippen MR) is 125 cm³/mol. The van der Waals surface area contributed by atoms with Crippen molar-refractivity contribution in [2.45, 2.75) is 31.4 Å². The minimum Gasteiger partial charge on any atom is -0.463 e. The van der Waals surface area contributed by atoms with Gasteiger partial charge in [0.1, 0.15) is 5.75 Å². The maximum atomic E-state index is 12.4. The van der Waals surface area contributed by atoms with Crippen LogP contribution in [0.3, 0.4) is 0 Å². The average Bonchev–Trinajstić information content (AvgIpc) is 2.77. The molecule has 0 aromatic heterocycles. The Kier molecular flexibility index (Phi) is 5.08. The lowest BCUT2D eigenvalue weighted by atomic mass is 9.67. The summed E-state index contributed by atoms with van der Waals surface area (Å²) in [6, 6.07) is 24.3. The Hall–Kier alpha value is -3.03. The zero-order valence-corrected chi connectivity index (χ0v) is 18.8. The monoisotopic (exact) mass is 471 g/mol. The molecule has 0 saturated heterocycles. The number of rotatable bonds is 1. The lowest BCUT2D eigenvalue weighted by Crippen LogP contribution is -2.60. The first-order chi connectivity index (χ1) is 15.1. The van der Waals surface area contributed by atoms with E-state index in [1.807, 2.05) is 54.6 Å². The molecule has 1 N–H and O–H groups in total. The quantitative estimate of drug-likeness (QED) is 0.473. The van der Waals surface area contributed by atoms with Crippen LogP contribution < -0.4 is 10.1 Å². The SMILES string of the molecule is CC(=O)N[C@@]12Oc3ccc(Br)cc3[C@@H](C#Cc3ccccc3)[C@@H]1CCc1ccccc12. The van der Waals surface area contributed by atoms with Gasteiger partial charge in [-0.25, -0.2) is 0 Å². The van der Waals surface area contributed by atoms with Crippen LogP contribution in [-0.4, -0.2) is 5.91 Å². The lowest BCUT2D eigenvalue weighted by molar-refractivity contribution is -0.132. The van der Waals surface area contributed by atoms with E-state index in [1.54, 1.807) is 6.92 Å². The average molecular weight is 472 g/mol. The molecule has 0 spiro atoms. The van der Waals surface area contributed by atoms with Crippen molar-refractivity contribution in [3.05, 3.63) is 99.5 Å². The fourth-order valence-corrected chi connectivity index (χ4v) is 5.28. The number of benzene rings is 3. The highest BCUT2D eigenvalue weighted by atomic mass is 79.9. The zero-order valence-electron chi connectivity index (χ0n) is 17.2. The number of hydrogen-bond acceptors (Lipinski definition) is 2. The van der Waals surface area contributed by atoms with Gasteiger partial charge in [0.05, 0.1) is 5.92 Å². The molecule has 5 rings (SSSR count). The van der Waals surface area contributed by atoms with Crippen molar-refractivity contribution in [2.24, 2.45) is 5.92 Å². The van der Waals surface area contributed by atoms with Crippen molar-refractivity contribution >= 4 is 21.8 Å². The molecule has 0 radical (unpaired) electrons. The maximum absolute atomic E-state index is 12.4. The molecule has 3 aromatic rings. The van der Waals surface area contributed by atoms with Gasteiger partial charge in [-0.3, -0.25) is 4.79 Å². The summed E-state index contributed by atoms with van der Waals surface area (Å²) in [5, 5.41) is 3.20. The number of aryl methyl sites for hydroxylation is 1. The van der Waals surface area contributed by atoms with Crippen LogP contribution >= 0.6 is 15.9 Å². The van der Waals surface area contributed by atoms with Crippen molar-refractivity contribution in [3.63, 3.8) is 0 Å². The molecular weight excluding hydrogens is 450 g/mol. The normalized spacial score (nSPS) is 23.2. The van der Waals surface area contributed by atoms with Crippen LogP contribution in [0.25, 0.3) is 0 Å². The van der Waals surface area contributed by atoms with Gasteiger partial charge in [-0.05, 0) is 48.7 Å². The highest BCUT2D eigenvalue weighted by Crippen LogP contribution is 2.53. The van der Waals surface area contributed by atoms with Gasteiger partial charge < -0.3 is 10.1 Å². The number of halogens is 1. The standard InChI is InChI=1S/C27H22BrNO2/c1-18(30)29-27-24-10-6-5-9-20(24)12-15-25(27)22(14-11-19-7-3-2-4-8-19)23-17-21(28)13-16-26(23)31-27/h2-10,13,16-17,22,25H,12,15H2,1H3,(H,29,30)/t22-,25+,27+/m1/s1. The van der Waals surface area contributed by atoms with Gasteiger partial charge in [-0.2, -0.15) is 0 Å². The number of fused-ring (bicyclic) bond motifs is 4. The summed E-state index contributed by atoms with van der Waals surface area (Å²) >= 11 is 3.61. The molecule has 0 unspecified atom stereocenters. The van der Waals surface area contributed by atoms with Crippen LogP contribution in [0.5, 0.6) is 5.75 Å². The molecule has 1 heterocycles. The van der Waals surface area contributed by atoms with E-state index in [-0.39, 0.29) is 17.7 Å². The first-order valence-electron chi connectivity index (χ1n) is 10.5. The van der Waals surface area contributed by atoms with Gasteiger partial charge in [0.2, 0.25) is 11.6 Å². The van der Waals surface area contributed by atoms with Gasteiger partial charge >= 0.3 is 0 Å². The smallest absolute Gasteiger partial charge is 0.220 e. The molecular formula is C27H22BrNO2. The Morgan fingerprint density at radius 2 is 1.87 bits per heavy atom. The Bertz CT molecular complexity index is 1210. The molecule has 0 saturated carbocycles. The van der Waals surface area contributed by atoms with Crippen molar-refractivity contribution in [3.8, 4) is 17.6 Å². The Morgan fingerprint density at radius 1 is 1.10 bits per heavy atom. The fraction of sp³-hybridized carbons (Fsp3) is 0.222. The van der Waals surface area contributed by atoms with Crippen molar-refractivity contribution in [1.82, 2.24) is 5.32 Å². The Balaban J connectivity index is 1.72. The van der Waals surface area contributed by atoms with E-state index >= 15 is 0 Å². The molecule has 3 atom stereocenters. The van der Waals surface area contributed by atoms with Gasteiger partial charge in [-0.1, -0.05) is 70.2 Å². The molecule has 4 heteroatoms. The van der Waals surface area contributed by atoms with Crippen LogP contribution in [0.15, 0.2) is 77.3 Å². The number of carbonyl (C=O) groups excluding carboxylic acids is 1. The molecule has 1 aliphatic carbocycles. The highest BCUT2D eigenvalue weighted by molar-refractivity contribution is 9.10. The molecule has 0 bridgehead atoms. The highest BCUT2D eigenvalue weighted by Gasteiger charge is 2.54. The van der Waals surface area contributed by atoms with Crippen LogP contribution in [0.4, 0.5) is 0 Å². The zero-order chi connectivity index (χ0) is 21.4. The minimum atomic E-state index is -0.933. The van der Waals surface area contributed by atoms with Crippen LogP contribution in [-0.2, 0) is 16.9 Å². The maximum Gasteiger partial charge on any atom is 0.220 e. The van der Waals surface area contributed by atoms with Gasteiger partial charge in [0.25, 0.3) is 0 Å². The van der Waals surface area contributed by atoms with E-state index in [0.29, 0.717) is 0 Å². The fourth-order valence-electron chi connectivity index (χ4n) is 4.90. The van der Waals surface area contributed by atoms with E-state index in [1.165, 1.54) is 5.56 Å². The molecule has 2 aliphatic rings. The van der Waals surface area contributed by atoms with E-state index in [0.717, 1.165) is 39.8 Å². The second-order valence-electron chi connectivity index (χ2n) is 8.12.